The number of fused-ring (bicyclic) bond motifs is 1. The van der Waals surface area contributed by atoms with Crippen LogP contribution in [0.5, 0.6) is 11.5 Å². The molecule has 0 aliphatic carbocycles. The van der Waals surface area contributed by atoms with Crippen molar-refractivity contribution < 1.29 is 19.1 Å². The number of carbonyl (C=O) groups excluding carboxylic acids is 2. The fourth-order valence-corrected chi connectivity index (χ4v) is 3.53. The van der Waals surface area contributed by atoms with Crippen LogP contribution in [-0.4, -0.2) is 31.1 Å². The summed E-state index contributed by atoms with van der Waals surface area (Å²) in [5, 5.41) is 10.5. The van der Waals surface area contributed by atoms with Gasteiger partial charge in [-0.15, -0.1) is 0 Å². The maximum Gasteiger partial charge on any atom is 0.261 e. The number of amides is 2. The number of benzene rings is 3. The van der Waals surface area contributed by atoms with Crippen molar-refractivity contribution in [2.75, 3.05) is 24.9 Å². The molecule has 0 aromatic heterocycles. The average molecular weight is 466 g/mol. The third-order valence-electron chi connectivity index (χ3n) is 5.03. The number of hydrogen-bond donors (Lipinski definition) is 3. The van der Waals surface area contributed by atoms with Gasteiger partial charge in [0.25, 0.3) is 5.91 Å². The SMILES string of the molecule is CCCCC(=O)Nc1ccc(NC(=S)NC(=O)c2cc3ccccc3cc2OC)cc1OC. The van der Waals surface area contributed by atoms with E-state index in [1.807, 2.05) is 37.3 Å². The van der Waals surface area contributed by atoms with Gasteiger partial charge in [-0.05, 0) is 53.7 Å². The van der Waals surface area contributed by atoms with E-state index in [1.165, 1.54) is 14.2 Å². The maximum absolute atomic E-state index is 12.9. The summed E-state index contributed by atoms with van der Waals surface area (Å²) in [7, 11) is 3.04. The summed E-state index contributed by atoms with van der Waals surface area (Å²) in [6.07, 6.45) is 2.22. The highest BCUT2D eigenvalue weighted by molar-refractivity contribution is 7.80. The van der Waals surface area contributed by atoms with Crippen molar-refractivity contribution in [3.05, 3.63) is 60.2 Å². The van der Waals surface area contributed by atoms with Gasteiger partial charge in [0.1, 0.15) is 11.5 Å². The predicted octanol–water partition coefficient (Wildman–Crippen LogP) is 5.11. The summed E-state index contributed by atoms with van der Waals surface area (Å²) in [4.78, 5) is 24.9. The molecule has 0 saturated carbocycles. The molecule has 0 aliphatic rings. The lowest BCUT2D eigenvalue weighted by Gasteiger charge is -2.15. The van der Waals surface area contributed by atoms with Crippen LogP contribution in [0.15, 0.2) is 54.6 Å². The molecule has 2 amide bonds. The minimum Gasteiger partial charge on any atom is -0.496 e. The molecule has 3 rings (SSSR count). The number of unbranched alkanes of at least 4 members (excludes halogenated alkanes) is 1. The molecule has 172 valence electrons. The zero-order chi connectivity index (χ0) is 23.8. The molecule has 0 saturated heterocycles. The predicted molar refractivity (Wildman–Crippen MR) is 135 cm³/mol. The number of rotatable bonds is 8. The molecule has 3 N–H and O–H groups in total. The molecule has 3 aromatic rings. The van der Waals surface area contributed by atoms with Crippen molar-refractivity contribution in [3.63, 3.8) is 0 Å². The number of thiocarbonyl (C=S) groups is 1. The molecule has 0 fully saturated rings. The van der Waals surface area contributed by atoms with Gasteiger partial charge in [-0.3, -0.25) is 14.9 Å². The lowest BCUT2D eigenvalue weighted by molar-refractivity contribution is -0.116. The van der Waals surface area contributed by atoms with E-state index in [2.05, 4.69) is 16.0 Å². The zero-order valence-corrected chi connectivity index (χ0v) is 19.7. The van der Waals surface area contributed by atoms with E-state index in [-0.39, 0.29) is 16.9 Å². The van der Waals surface area contributed by atoms with Crippen LogP contribution in [0.2, 0.25) is 0 Å². The third-order valence-corrected chi connectivity index (χ3v) is 5.23. The van der Waals surface area contributed by atoms with Crippen LogP contribution in [0.3, 0.4) is 0 Å². The Balaban J connectivity index is 1.69. The summed E-state index contributed by atoms with van der Waals surface area (Å²) < 4.78 is 10.8. The van der Waals surface area contributed by atoms with Crippen LogP contribution in [0.25, 0.3) is 10.8 Å². The lowest BCUT2D eigenvalue weighted by Crippen LogP contribution is -2.34. The molecule has 3 aromatic carbocycles. The van der Waals surface area contributed by atoms with Crippen LogP contribution in [-0.2, 0) is 4.79 Å². The van der Waals surface area contributed by atoms with E-state index in [4.69, 9.17) is 21.7 Å². The Hall–Kier alpha value is -3.65. The van der Waals surface area contributed by atoms with Crippen molar-refractivity contribution in [1.82, 2.24) is 5.32 Å². The van der Waals surface area contributed by atoms with E-state index < -0.39 is 0 Å². The van der Waals surface area contributed by atoms with E-state index in [0.29, 0.717) is 34.9 Å². The third kappa shape index (κ3) is 6.20. The summed E-state index contributed by atoms with van der Waals surface area (Å²) in [6, 6.07) is 16.5. The van der Waals surface area contributed by atoms with Gasteiger partial charge in [-0.2, -0.15) is 0 Å². The highest BCUT2D eigenvalue weighted by Gasteiger charge is 2.16. The highest BCUT2D eigenvalue weighted by atomic mass is 32.1. The summed E-state index contributed by atoms with van der Waals surface area (Å²) >= 11 is 5.32. The van der Waals surface area contributed by atoms with Crippen molar-refractivity contribution in [2.45, 2.75) is 26.2 Å². The van der Waals surface area contributed by atoms with Gasteiger partial charge in [-0.1, -0.05) is 37.6 Å². The molecule has 0 aliphatic heterocycles. The number of carbonyl (C=O) groups is 2. The van der Waals surface area contributed by atoms with E-state index in [1.54, 1.807) is 24.3 Å². The molecule has 33 heavy (non-hydrogen) atoms. The second-order valence-corrected chi connectivity index (χ2v) is 7.78. The van der Waals surface area contributed by atoms with Crippen molar-refractivity contribution in [2.24, 2.45) is 0 Å². The second kappa shape index (κ2) is 11.3. The zero-order valence-electron chi connectivity index (χ0n) is 18.9. The van der Waals surface area contributed by atoms with Gasteiger partial charge < -0.3 is 20.1 Å². The van der Waals surface area contributed by atoms with Gasteiger partial charge in [0, 0.05) is 18.2 Å². The molecule has 8 heteroatoms. The lowest BCUT2D eigenvalue weighted by atomic mass is 10.1. The molecule has 0 bridgehead atoms. The smallest absolute Gasteiger partial charge is 0.261 e. The van der Waals surface area contributed by atoms with Crippen LogP contribution >= 0.6 is 12.2 Å². The quantitative estimate of drug-likeness (QED) is 0.401. The normalized spacial score (nSPS) is 10.4. The largest absolute Gasteiger partial charge is 0.496 e. The first kappa shape index (κ1) is 24.0. The Morgan fingerprint density at radius 3 is 2.27 bits per heavy atom. The average Bonchev–Trinajstić information content (AvgIpc) is 2.82. The minimum atomic E-state index is -0.387. The Morgan fingerprint density at radius 2 is 1.61 bits per heavy atom. The first-order valence-corrected chi connectivity index (χ1v) is 11.0. The molecule has 0 spiro atoms. The Bertz CT molecular complexity index is 1180. The number of methoxy groups -OCH3 is 2. The fraction of sp³-hybridized carbons (Fsp3) is 0.240. The molecule has 0 heterocycles. The van der Waals surface area contributed by atoms with E-state index in [0.717, 1.165) is 23.6 Å². The second-order valence-electron chi connectivity index (χ2n) is 7.37. The van der Waals surface area contributed by atoms with Crippen molar-refractivity contribution in [1.29, 1.82) is 0 Å². The van der Waals surface area contributed by atoms with Crippen LogP contribution in [0.1, 0.15) is 36.5 Å². The minimum absolute atomic E-state index is 0.0667. The summed E-state index contributed by atoms with van der Waals surface area (Å²) in [5.74, 6) is 0.485. The Morgan fingerprint density at radius 1 is 0.909 bits per heavy atom. The summed E-state index contributed by atoms with van der Waals surface area (Å²) in [6.45, 7) is 2.03. The van der Waals surface area contributed by atoms with Gasteiger partial charge in [0.2, 0.25) is 5.91 Å². The molecular formula is C25H27N3O4S. The molecule has 0 atom stereocenters. The van der Waals surface area contributed by atoms with Crippen molar-refractivity contribution in [3.8, 4) is 11.5 Å². The first-order chi connectivity index (χ1) is 15.9. The van der Waals surface area contributed by atoms with Gasteiger partial charge in [0.05, 0.1) is 25.5 Å². The number of hydrogen-bond acceptors (Lipinski definition) is 5. The molecular weight excluding hydrogens is 438 g/mol. The van der Waals surface area contributed by atoms with Gasteiger partial charge in [-0.25, -0.2) is 0 Å². The Labute approximate surface area is 198 Å². The highest BCUT2D eigenvalue weighted by Crippen LogP contribution is 2.29. The number of anilines is 2. The van der Waals surface area contributed by atoms with Crippen LogP contribution < -0.4 is 25.4 Å². The molecule has 0 radical (unpaired) electrons. The first-order valence-electron chi connectivity index (χ1n) is 10.6. The molecule has 0 unspecified atom stereocenters. The van der Waals surface area contributed by atoms with Gasteiger partial charge >= 0.3 is 0 Å². The monoisotopic (exact) mass is 465 g/mol. The standard InChI is InChI=1S/C25H27N3O4S/c1-4-5-10-23(29)27-20-12-11-18(15-22(20)32-3)26-25(33)28-24(30)19-13-16-8-6-7-9-17(16)14-21(19)31-2/h6-9,11-15H,4-5,10H2,1-3H3,(H,27,29)(H2,26,28,30,33). The molecule has 7 nitrogen and oxygen atoms in total. The van der Waals surface area contributed by atoms with Crippen LogP contribution in [0, 0.1) is 0 Å². The maximum atomic E-state index is 12.9. The number of nitrogens with one attached hydrogen (secondary N) is 3. The number of ether oxygens (including phenoxy) is 2. The fourth-order valence-electron chi connectivity index (χ4n) is 3.32. The topological polar surface area (TPSA) is 88.7 Å². The van der Waals surface area contributed by atoms with Crippen LogP contribution in [0.4, 0.5) is 11.4 Å². The van der Waals surface area contributed by atoms with Gasteiger partial charge in [0.15, 0.2) is 5.11 Å². The van der Waals surface area contributed by atoms with Crippen molar-refractivity contribution >= 4 is 51.3 Å². The van der Waals surface area contributed by atoms with E-state index >= 15 is 0 Å². The van der Waals surface area contributed by atoms with E-state index in [9.17, 15) is 9.59 Å². The summed E-state index contributed by atoms with van der Waals surface area (Å²) in [5.41, 5.74) is 1.55. The Kier molecular flexibility index (Phi) is 8.21.